The van der Waals surface area contributed by atoms with E-state index in [1.165, 1.54) is 0 Å². The number of nitrogens with two attached hydrogens (primary N) is 1. The number of nitrogens with zero attached hydrogens (tertiary/aromatic N) is 2. The van der Waals surface area contributed by atoms with Crippen molar-refractivity contribution in [3.63, 3.8) is 0 Å². The molecule has 0 aliphatic heterocycles. The zero-order chi connectivity index (χ0) is 14.7. The van der Waals surface area contributed by atoms with Crippen LogP contribution < -0.4 is 11.1 Å². The van der Waals surface area contributed by atoms with Gasteiger partial charge in [0.05, 0.1) is 11.3 Å². The molecule has 5 heteroatoms. The monoisotopic (exact) mass is 272 g/mol. The molecule has 5 nitrogen and oxygen atoms in total. The second kappa shape index (κ2) is 5.88. The summed E-state index contributed by atoms with van der Waals surface area (Å²) in [5, 5.41) is 7.20. The van der Waals surface area contributed by atoms with Crippen LogP contribution >= 0.6 is 0 Å². The van der Waals surface area contributed by atoms with Gasteiger partial charge in [0.2, 0.25) is 0 Å². The van der Waals surface area contributed by atoms with Gasteiger partial charge in [-0.05, 0) is 25.0 Å². The van der Waals surface area contributed by atoms with Crippen LogP contribution in [0.15, 0.2) is 30.5 Å². The van der Waals surface area contributed by atoms with Gasteiger partial charge < -0.3 is 11.1 Å². The van der Waals surface area contributed by atoms with Crippen LogP contribution in [-0.2, 0) is 13.5 Å². The molecule has 0 spiro atoms. The maximum absolute atomic E-state index is 12.4. The summed E-state index contributed by atoms with van der Waals surface area (Å²) >= 11 is 0. The van der Waals surface area contributed by atoms with Gasteiger partial charge in [-0.25, -0.2) is 0 Å². The Morgan fingerprint density at radius 2 is 2.15 bits per heavy atom. The van der Waals surface area contributed by atoms with Gasteiger partial charge in [0, 0.05) is 25.0 Å². The van der Waals surface area contributed by atoms with Crippen LogP contribution in [0.25, 0.3) is 0 Å². The van der Waals surface area contributed by atoms with E-state index >= 15 is 0 Å². The lowest BCUT2D eigenvalue weighted by molar-refractivity contribution is 0.102. The zero-order valence-electron chi connectivity index (χ0n) is 12.1. The quantitative estimate of drug-likeness (QED) is 0.896. The third kappa shape index (κ3) is 2.88. The molecule has 0 aliphatic rings. The molecule has 1 aromatic heterocycles. The molecule has 0 aliphatic carbocycles. The first-order chi connectivity index (χ1) is 9.52. The van der Waals surface area contributed by atoms with E-state index in [0.29, 0.717) is 5.56 Å². The van der Waals surface area contributed by atoms with E-state index in [4.69, 9.17) is 5.73 Å². The van der Waals surface area contributed by atoms with Gasteiger partial charge in [-0.15, -0.1) is 0 Å². The molecule has 3 N–H and O–H groups in total. The Morgan fingerprint density at radius 3 is 2.80 bits per heavy atom. The van der Waals surface area contributed by atoms with Crippen molar-refractivity contribution in [1.82, 2.24) is 9.78 Å². The third-order valence-electron chi connectivity index (χ3n) is 3.18. The normalized spacial score (nSPS) is 12.2. The number of para-hydroxylation sites is 1. The summed E-state index contributed by atoms with van der Waals surface area (Å²) in [6.45, 7) is 3.88. The van der Waals surface area contributed by atoms with E-state index in [2.05, 4.69) is 10.4 Å². The number of hydrogen-bond acceptors (Lipinski definition) is 3. The summed E-state index contributed by atoms with van der Waals surface area (Å²) in [6, 6.07) is 7.44. The smallest absolute Gasteiger partial charge is 0.259 e. The first kappa shape index (κ1) is 14.3. The van der Waals surface area contributed by atoms with Gasteiger partial charge in [0.15, 0.2) is 0 Å². The van der Waals surface area contributed by atoms with Gasteiger partial charge in [0.25, 0.3) is 5.91 Å². The molecule has 2 aromatic rings. The van der Waals surface area contributed by atoms with Crippen molar-refractivity contribution >= 4 is 11.6 Å². The molecule has 0 fully saturated rings. The lowest BCUT2D eigenvalue weighted by atomic mass is 10.1. The number of anilines is 1. The molecule has 0 saturated carbocycles. The van der Waals surface area contributed by atoms with Gasteiger partial charge in [-0.2, -0.15) is 5.10 Å². The molecule has 2 rings (SSSR count). The summed E-state index contributed by atoms with van der Waals surface area (Å²) in [4.78, 5) is 12.4. The maximum Gasteiger partial charge on any atom is 0.259 e. The summed E-state index contributed by atoms with van der Waals surface area (Å²) in [5.41, 5.74) is 8.99. The second-order valence-corrected chi connectivity index (χ2v) is 4.85. The average Bonchev–Trinajstić information content (AvgIpc) is 2.80. The molecular formula is C15H20N4O. The Bertz CT molecular complexity index is 616. The standard InChI is InChI=1S/C15H20N4O/c1-4-13-12(9-19(3)18-13)15(20)17-14-8-6-5-7-11(14)10(2)16/h5-10H,4,16H2,1-3H3,(H,17,20). The van der Waals surface area contributed by atoms with Crippen LogP contribution in [0.4, 0.5) is 5.69 Å². The van der Waals surface area contributed by atoms with Crippen molar-refractivity contribution in [2.45, 2.75) is 26.3 Å². The fourth-order valence-corrected chi connectivity index (χ4v) is 2.18. The minimum Gasteiger partial charge on any atom is -0.324 e. The zero-order valence-corrected chi connectivity index (χ0v) is 12.1. The summed E-state index contributed by atoms with van der Waals surface area (Å²) in [7, 11) is 1.81. The van der Waals surface area contributed by atoms with E-state index < -0.39 is 0 Å². The average molecular weight is 272 g/mol. The molecule has 1 aromatic carbocycles. The Labute approximate surface area is 118 Å². The third-order valence-corrected chi connectivity index (χ3v) is 3.18. The maximum atomic E-state index is 12.4. The number of hydrogen-bond donors (Lipinski definition) is 2. The molecule has 20 heavy (non-hydrogen) atoms. The SMILES string of the molecule is CCc1nn(C)cc1C(=O)Nc1ccccc1C(C)N. The molecule has 106 valence electrons. The number of rotatable bonds is 4. The minimum atomic E-state index is -0.150. The molecule has 0 radical (unpaired) electrons. The fraction of sp³-hybridized carbons (Fsp3) is 0.333. The number of carbonyl (C=O) groups excluding carboxylic acids is 1. The highest BCUT2D eigenvalue weighted by Gasteiger charge is 2.16. The predicted octanol–water partition coefficient (Wildman–Crippen LogP) is 2.25. The Balaban J connectivity index is 2.28. The van der Waals surface area contributed by atoms with Gasteiger partial charge in [0.1, 0.15) is 0 Å². The van der Waals surface area contributed by atoms with E-state index in [-0.39, 0.29) is 11.9 Å². The molecule has 0 bridgehead atoms. The Kier molecular flexibility index (Phi) is 4.20. The molecule has 1 heterocycles. The summed E-state index contributed by atoms with van der Waals surface area (Å²) in [6.07, 6.45) is 2.46. The summed E-state index contributed by atoms with van der Waals surface area (Å²) < 4.78 is 1.66. The summed E-state index contributed by atoms with van der Waals surface area (Å²) in [5.74, 6) is -0.150. The number of nitrogens with one attached hydrogen (secondary N) is 1. The largest absolute Gasteiger partial charge is 0.324 e. The van der Waals surface area contributed by atoms with Crippen LogP contribution in [0.5, 0.6) is 0 Å². The molecule has 1 unspecified atom stereocenters. The van der Waals surface area contributed by atoms with Crippen LogP contribution in [0.1, 0.15) is 41.5 Å². The lowest BCUT2D eigenvalue weighted by Gasteiger charge is -2.13. The number of carbonyl (C=O) groups is 1. The van der Waals surface area contributed by atoms with Crippen LogP contribution in [0.3, 0.4) is 0 Å². The molecule has 1 atom stereocenters. The predicted molar refractivity (Wildman–Crippen MR) is 79.6 cm³/mol. The van der Waals surface area contributed by atoms with E-state index in [0.717, 1.165) is 23.4 Å². The van der Waals surface area contributed by atoms with E-state index in [9.17, 15) is 4.79 Å². The highest BCUT2D eigenvalue weighted by atomic mass is 16.1. The lowest BCUT2D eigenvalue weighted by Crippen LogP contribution is -2.16. The topological polar surface area (TPSA) is 72.9 Å². The molecule has 1 amide bonds. The van der Waals surface area contributed by atoms with Crippen molar-refractivity contribution in [3.8, 4) is 0 Å². The van der Waals surface area contributed by atoms with Crippen molar-refractivity contribution < 1.29 is 4.79 Å². The second-order valence-electron chi connectivity index (χ2n) is 4.85. The minimum absolute atomic E-state index is 0.133. The Morgan fingerprint density at radius 1 is 1.45 bits per heavy atom. The van der Waals surface area contributed by atoms with Crippen molar-refractivity contribution in [1.29, 1.82) is 0 Å². The molecule has 0 saturated heterocycles. The fourth-order valence-electron chi connectivity index (χ4n) is 2.18. The van der Waals surface area contributed by atoms with Crippen LogP contribution in [0.2, 0.25) is 0 Å². The van der Waals surface area contributed by atoms with Gasteiger partial charge in [-0.1, -0.05) is 25.1 Å². The van der Waals surface area contributed by atoms with Gasteiger partial charge in [-0.3, -0.25) is 9.48 Å². The van der Waals surface area contributed by atoms with Crippen LogP contribution in [0, 0.1) is 0 Å². The Hall–Kier alpha value is -2.14. The van der Waals surface area contributed by atoms with Crippen molar-refractivity contribution in [2.24, 2.45) is 12.8 Å². The molecular weight excluding hydrogens is 252 g/mol. The van der Waals surface area contributed by atoms with Crippen LogP contribution in [-0.4, -0.2) is 15.7 Å². The number of aromatic nitrogens is 2. The highest BCUT2D eigenvalue weighted by Crippen LogP contribution is 2.21. The van der Waals surface area contributed by atoms with Crippen molar-refractivity contribution in [3.05, 3.63) is 47.3 Å². The van der Waals surface area contributed by atoms with E-state index in [1.54, 1.807) is 10.9 Å². The van der Waals surface area contributed by atoms with Crippen molar-refractivity contribution in [2.75, 3.05) is 5.32 Å². The highest BCUT2D eigenvalue weighted by molar-refractivity contribution is 6.05. The first-order valence-electron chi connectivity index (χ1n) is 6.71. The number of aryl methyl sites for hydroxylation is 2. The van der Waals surface area contributed by atoms with Gasteiger partial charge >= 0.3 is 0 Å². The number of benzene rings is 1. The van der Waals surface area contributed by atoms with E-state index in [1.807, 2.05) is 45.2 Å². The number of amides is 1. The first-order valence-corrected chi connectivity index (χ1v) is 6.71.